The molecule has 1 heterocycles. The Morgan fingerprint density at radius 3 is 2.52 bits per heavy atom. The summed E-state index contributed by atoms with van der Waals surface area (Å²) >= 11 is 5.89. The summed E-state index contributed by atoms with van der Waals surface area (Å²) in [7, 11) is 0. The Kier molecular flexibility index (Phi) is 4.06. The lowest BCUT2D eigenvalue weighted by Gasteiger charge is -2.25. The number of rotatable bonds is 4. The number of anilines is 2. The van der Waals surface area contributed by atoms with Crippen molar-refractivity contribution in [3.63, 3.8) is 0 Å². The smallest absolute Gasteiger partial charge is 0.368 e. The normalized spacial score (nSPS) is 14.8. The van der Waals surface area contributed by atoms with Crippen molar-refractivity contribution in [2.24, 2.45) is 0 Å². The molecule has 1 aliphatic carbocycles. The Balaban J connectivity index is 1.96. The highest BCUT2D eigenvalue weighted by Gasteiger charge is 2.36. The zero-order chi connectivity index (χ0) is 16.6. The molecular weight excluding hydrogens is 329 g/mol. The van der Waals surface area contributed by atoms with Crippen LogP contribution in [0.3, 0.4) is 0 Å². The van der Waals surface area contributed by atoms with Gasteiger partial charge in [0.15, 0.2) is 0 Å². The van der Waals surface area contributed by atoms with Crippen molar-refractivity contribution in [1.29, 1.82) is 0 Å². The van der Waals surface area contributed by atoms with E-state index >= 15 is 0 Å². The fourth-order valence-corrected chi connectivity index (χ4v) is 2.66. The van der Waals surface area contributed by atoms with Gasteiger partial charge in [0, 0.05) is 18.7 Å². The summed E-state index contributed by atoms with van der Waals surface area (Å²) in [4.78, 5) is 9.70. The van der Waals surface area contributed by atoms with E-state index < -0.39 is 11.7 Å². The van der Waals surface area contributed by atoms with Crippen LogP contribution in [-0.4, -0.2) is 16.0 Å². The van der Waals surface area contributed by atoms with Crippen LogP contribution in [0.5, 0.6) is 0 Å². The van der Waals surface area contributed by atoms with Crippen LogP contribution in [0.2, 0.25) is 5.15 Å². The summed E-state index contributed by atoms with van der Waals surface area (Å²) < 4.78 is 39.5. The van der Waals surface area contributed by atoms with E-state index in [9.17, 15) is 13.2 Å². The summed E-state index contributed by atoms with van der Waals surface area (Å²) in [6, 6.07) is 7.20. The van der Waals surface area contributed by atoms with Crippen LogP contribution in [0.1, 0.15) is 24.0 Å². The molecule has 4 nitrogen and oxygen atoms in total. The first-order valence-electron chi connectivity index (χ1n) is 7.06. The minimum absolute atomic E-state index is 0.00209. The monoisotopic (exact) mass is 342 g/mol. The zero-order valence-corrected chi connectivity index (χ0v) is 12.8. The molecule has 2 aromatic rings. The number of hydrogen-bond donors (Lipinski definition) is 1. The van der Waals surface area contributed by atoms with Gasteiger partial charge in [-0.1, -0.05) is 29.8 Å². The summed E-state index contributed by atoms with van der Waals surface area (Å²) in [5, 5.41) is 0.169. The molecule has 0 aliphatic heterocycles. The molecule has 0 spiro atoms. The lowest BCUT2D eigenvalue weighted by atomic mass is 10.1. The second kappa shape index (κ2) is 5.88. The molecule has 122 valence electrons. The molecule has 0 bridgehead atoms. The third kappa shape index (κ3) is 3.67. The first kappa shape index (κ1) is 15.9. The van der Waals surface area contributed by atoms with Crippen molar-refractivity contribution in [3.05, 3.63) is 46.6 Å². The summed E-state index contributed by atoms with van der Waals surface area (Å²) in [6.45, 7) is 0.0904. The van der Waals surface area contributed by atoms with E-state index in [1.165, 1.54) is 18.2 Å². The summed E-state index contributed by atoms with van der Waals surface area (Å²) in [5.74, 6) is 0.448. The van der Waals surface area contributed by atoms with Gasteiger partial charge in [0.2, 0.25) is 5.95 Å². The van der Waals surface area contributed by atoms with Crippen LogP contribution in [0, 0.1) is 0 Å². The number of nitrogen functional groups attached to an aromatic ring is 1. The predicted octanol–water partition coefficient (Wildman–Crippen LogP) is 3.90. The van der Waals surface area contributed by atoms with Gasteiger partial charge in [0.05, 0.1) is 5.56 Å². The van der Waals surface area contributed by atoms with Gasteiger partial charge in [-0.25, -0.2) is 4.98 Å². The molecule has 2 N–H and O–H groups in total. The maximum absolute atomic E-state index is 13.2. The number of aromatic nitrogens is 2. The van der Waals surface area contributed by atoms with Gasteiger partial charge in [0.1, 0.15) is 11.0 Å². The predicted molar refractivity (Wildman–Crippen MR) is 82.1 cm³/mol. The molecule has 0 radical (unpaired) electrons. The minimum Gasteiger partial charge on any atom is -0.368 e. The van der Waals surface area contributed by atoms with Crippen molar-refractivity contribution in [3.8, 4) is 0 Å². The van der Waals surface area contributed by atoms with E-state index in [2.05, 4.69) is 9.97 Å². The molecule has 1 aromatic carbocycles. The van der Waals surface area contributed by atoms with Crippen LogP contribution in [-0.2, 0) is 12.7 Å². The van der Waals surface area contributed by atoms with Gasteiger partial charge < -0.3 is 10.6 Å². The van der Waals surface area contributed by atoms with Crippen LogP contribution >= 0.6 is 11.6 Å². The van der Waals surface area contributed by atoms with E-state index in [0.29, 0.717) is 5.82 Å². The highest BCUT2D eigenvalue weighted by atomic mass is 35.5. The molecule has 0 atom stereocenters. The number of benzene rings is 1. The largest absolute Gasteiger partial charge is 0.416 e. The van der Waals surface area contributed by atoms with Crippen LogP contribution < -0.4 is 10.6 Å². The van der Waals surface area contributed by atoms with Crippen LogP contribution in [0.25, 0.3) is 0 Å². The summed E-state index contributed by atoms with van der Waals surface area (Å²) in [6.07, 6.45) is -2.60. The third-order valence-corrected chi connectivity index (χ3v) is 3.84. The molecule has 1 saturated carbocycles. The third-order valence-electron chi connectivity index (χ3n) is 3.64. The number of nitrogens with zero attached hydrogens (tertiary/aromatic N) is 3. The minimum atomic E-state index is -4.39. The lowest BCUT2D eigenvalue weighted by Crippen LogP contribution is -2.27. The number of alkyl halides is 3. The average molecular weight is 343 g/mol. The molecule has 0 unspecified atom stereocenters. The van der Waals surface area contributed by atoms with Crippen molar-refractivity contribution in [2.75, 3.05) is 10.6 Å². The van der Waals surface area contributed by atoms with Crippen molar-refractivity contribution in [2.45, 2.75) is 31.6 Å². The molecule has 0 amide bonds. The van der Waals surface area contributed by atoms with E-state index in [1.807, 2.05) is 0 Å². The van der Waals surface area contributed by atoms with Gasteiger partial charge in [0.25, 0.3) is 0 Å². The Morgan fingerprint density at radius 1 is 1.22 bits per heavy atom. The van der Waals surface area contributed by atoms with E-state index in [-0.39, 0.29) is 29.3 Å². The molecule has 0 saturated heterocycles. The highest BCUT2D eigenvalue weighted by Crippen LogP contribution is 2.36. The number of halogens is 4. The quantitative estimate of drug-likeness (QED) is 0.856. The topological polar surface area (TPSA) is 55.0 Å². The summed E-state index contributed by atoms with van der Waals surface area (Å²) in [5.41, 5.74) is 5.15. The SMILES string of the molecule is Nc1nc(Cl)cc(N(Cc2ccccc2C(F)(F)F)C2CC2)n1. The first-order chi connectivity index (χ1) is 10.8. The number of nitrogens with two attached hydrogens (primary N) is 1. The van der Waals surface area contributed by atoms with Crippen LogP contribution in [0.4, 0.5) is 24.9 Å². The van der Waals surface area contributed by atoms with Gasteiger partial charge in [-0.3, -0.25) is 0 Å². The maximum Gasteiger partial charge on any atom is 0.416 e. The highest BCUT2D eigenvalue weighted by molar-refractivity contribution is 6.29. The second-order valence-corrected chi connectivity index (χ2v) is 5.81. The maximum atomic E-state index is 13.2. The Morgan fingerprint density at radius 2 is 1.91 bits per heavy atom. The van der Waals surface area contributed by atoms with Crippen molar-refractivity contribution < 1.29 is 13.2 Å². The second-order valence-electron chi connectivity index (χ2n) is 5.42. The molecule has 1 aliphatic rings. The Bertz CT molecular complexity index is 696. The van der Waals surface area contributed by atoms with E-state index in [1.54, 1.807) is 11.0 Å². The molecule has 23 heavy (non-hydrogen) atoms. The van der Waals surface area contributed by atoms with E-state index in [4.69, 9.17) is 17.3 Å². The Hall–Kier alpha value is -2.02. The molecule has 1 aromatic heterocycles. The molecule has 1 fully saturated rings. The average Bonchev–Trinajstić information content (AvgIpc) is 3.27. The van der Waals surface area contributed by atoms with E-state index in [0.717, 1.165) is 18.9 Å². The molecule has 3 rings (SSSR count). The molecule has 8 heteroatoms. The zero-order valence-electron chi connectivity index (χ0n) is 12.0. The van der Waals surface area contributed by atoms with Gasteiger partial charge in [-0.05, 0) is 24.5 Å². The van der Waals surface area contributed by atoms with Gasteiger partial charge in [-0.2, -0.15) is 18.2 Å². The fraction of sp³-hybridized carbons (Fsp3) is 0.333. The number of hydrogen-bond acceptors (Lipinski definition) is 4. The lowest BCUT2D eigenvalue weighted by molar-refractivity contribution is -0.138. The van der Waals surface area contributed by atoms with Gasteiger partial charge >= 0.3 is 6.18 Å². The fourth-order valence-electron chi connectivity index (χ4n) is 2.47. The standard InChI is InChI=1S/C15H14ClF3N4/c16-12-7-13(22-14(20)21-12)23(10-5-6-10)8-9-3-1-2-4-11(9)15(17,18)19/h1-4,7,10H,5-6,8H2,(H2,20,21,22). The molecular formula is C15H14ClF3N4. The van der Waals surface area contributed by atoms with Gasteiger partial charge in [-0.15, -0.1) is 0 Å². The first-order valence-corrected chi connectivity index (χ1v) is 7.44. The van der Waals surface area contributed by atoms with Crippen molar-refractivity contribution in [1.82, 2.24) is 9.97 Å². The Labute approximate surface area is 136 Å². The van der Waals surface area contributed by atoms with Crippen molar-refractivity contribution >= 4 is 23.4 Å². The van der Waals surface area contributed by atoms with Crippen LogP contribution in [0.15, 0.2) is 30.3 Å².